The van der Waals surface area contributed by atoms with Gasteiger partial charge in [-0.25, -0.2) is 8.42 Å². The molecule has 1 aliphatic rings. The summed E-state index contributed by atoms with van der Waals surface area (Å²) < 4.78 is 26.2. The standard InChI is InChI=1S/C14H20N2O4S/c1-11(17)15-9-12-3-5-13(6-4-12)21(19,20)16-8-7-14(2,18)10-16/h3-6,18H,7-10H2,1-2H3,(H,15,17). The number of hydrogen-bond acceptors (Lipinski definition) is 4. The molecule has 116 valence electrons. The molecule has 0 spiro atoms. The molecule has 1 atom stereocenters. The Hall–Kier alpha value is -1.44. The zero-order valence-corrected chi connectivity index (χ0v) is 13.0. The van der Waals surface area contributed by atoms with Gasteiger partial charge in [0.05, 0.1) is 10.5 Å². The topological polar surface area (TPSA) is 86.7 Å². The lowest BCUT2D eigenvalue weighted by Gasteiger charge is -2.19. The van der Waals surface area contributed by atoms with Crippen molar-refractivity contribution in [3.63, 3.8) is 0 Å². The van der Waals surface area contributed by atoms with Crippen LogP contribution in [0.1, 0.15) is 25.8 Å². The summed E-state index contributed by atoms with van der Waals surface area (Å²) >= 11 is 0. The van der Waals surface area contributed by atoms with Gasteiger partial charge < -0.3 is 10.4 Å². The minimum absolute atomic E-state index is 0.114. The largest absolute Gasteiger partial charge is 0.389 e. The molecule has 1 aromatic rings. The van der Waals surface area contributed by atoms with Crippen molar-refractivity contribution >= 4 is 15.9 Å². The lowest BCUT2D eigenvalue weighted by Crippen LogP contribution is -2.33. The van der Waals surface area contributed by atoms with Crippen LogP contribution in [0, 0.1) is 0 Å². The Morgan fingerprint density at radius 2 is 2.00 bits per heavy atom. The highest BCUT2D eigenvalue weighted by Crippen LogP contribution is 2.26. The zero-order chi connectivity index (χ0) is 15.7. The van der Waals surface area contributed by atoms with E-state index < -0.39 is 15.6 Å². The Bertz CT molecular complexity index is 623. The number of nitrogens with zero attached hydrogens (tertiary/aromatic N) is 1. The van der Waals surface area contributed by atoms with E-state index in [9.17, 15) is 18.3 Å². The molecule has 21 heavy (non-hydrogen) atoms. The normalized spacial score (nSPS) is 23.2. The molecular weight excluding hydrogens is 292 g/mol. The number of nitrogens with one attached hydrogen (secondary N) is 1. The molecule has 1 aromatic carbocycles. The van der Waals surface area contributed by atoms with Gasteiger partial charge in [0, 0.05) is 26.6 Å². The van der Waals surface area contributed by atoms with E-state index in [-0.39, 0.29) is 17.3 Å². The van der Waals surface area contributed by atoms with Crippen molar-refractivity contribution in [1.29, 1.82) is 0 Å². The highest BCUT2D eigenvalue weighted by atomic mass is 32.2. The molecule has 1 unspecified atom stereocenters. The van der Waals surface area contributed by atoms with Gasteiger partial charge in [-0.05, 0) is 31.0 Å². The van der Waals surface area contributed by atoms with Gasteiger partial charge >= 0.3 is 0 Å². The van der Waals surface area contributed by atoms with E-state index in [2.05, 4.69) is 5.32 Å². The number of β-amino-alcohol motifs (C(OH)–C–C–N with tert-alkyl or cyclic N) is 1. The Kier molecular flexibility index (Phi) is 4.36. The Balaban J connectivity index is 2.12. The van der Waals surface area contributed by atoms with Crippen molar-refractivity contribution in [2.75, 3.05) is 13.1 Å². The number of sulfonamides is 1. The maximum Gasteiger partial charge on any atom is 0.243 e. The molecule has 7 heteroatoms. The van der Waals surface area contributed by atoms with Crippen LogP contribution in [0.25, 0.3) is 0 Å². The molecule has 0 bridgehead atoms. The van der Waals surface area contributed by atoms with Crippen molar-refractivity contribution < 1.29 is 18.3 Å². The summed E-state index contributed by atoms with van der Waals surface area (Å²) in [6.45, 7) is 3.87. The summed E-state index contributed by atoms with van der Waals surface area (Å²) in [5.41, 5.74) is -0.129. The highest BCUT2D eigenvalue weighted by molar-refractivity contribution is 7.89. The average molecular weight is 312 g/mol. The maximum absolute atomic E-state index is 12.4. The predicted molar refractivity (Wildman–Crippen MR) is 78.0 cm³/mol. The summed E-state index contributed by atoms with van der Waals surface area (Å²) in [6.07, 6.45) is 0.437. The van der Waals surface area contributed by atoms with Gasteiger partial charge in [0.1, 0.15) is 0 Å². The lowest BCUT2D eigenvalue weighted by atomic mass is 10.1. The molecule has 0 aromatic heterocycles. The molecule has 1 fully saturated rings. The fourth-order valence-corrected chi connectivity index (χ4v) is 3.82. The van der Waals surface area contributed by atoms with Gasteiger partial charge in [0.15, 0.2) is 0 Å². The second-order valence-electron chi connectivity index (χ2n) is 5.64. The zero-order valence-electron chi connectivity index (χ0n) is 12.2. The highest BCUT2D eigenvalue weighted by Gasteiger charge is 2.38. The second-order valence-corrected chi connectivity index (χ2v) is 7.58. The molecule has 1 aliphatic heterocycles. The van der Waals surface area contributed by atoms with E-state index in [1.54, 1.807) is 19.1 Å². The average Bonchev–Trinajstić information content (AvgIpc) is 2.78. The van der Waals surface area contributed by atoms with Crippen molar-refractivity contribution in [1.82, 2.24) is 9.62 Å². The van der Waals surface area contributed by atoms with Crippen LogP contribution in [-0.2, 0) is 21.4 Å². The molecule has 6 nitrogen and oxygen atoms in total. The minimum Gasteiger partial charge on any atom is -0.389 e. The first kappa shape index (κ1) is 15.9. The third kappa shape index (κ3) is 3.81. The molecule has 1 amide bonds. The number of aliphatic hydroxyl groups is 1. The van der Waals surface area contributed by atoms with E-state index in [1.165, 1.54) is 23.4 Å². The van der Waals surface area contributed by atoms with Crippen LogP contribution < -0.4 is 5.32 Å². The van der Waals surface area contributed by atoms with Crippen LogP contribution in [0.4, 0.5) is 0 Å². The van der Waals surface area contributed by atoms with Gasteiger partial charge in [-0.1, -0.05) is 12.1 Å². The fraction of sp³-hybridized carbons (Fsp3) is 0.500. The molecular formula is C14H20N2O4S. The predicted octanol–water partition coefficient (Wildman–Crippen LogP) is 0.468. The van der Waals surface area contributed by atoms with E-state index in [0.29, 0.717) is 19.5 Å². The van der Waals surface area contributed by atoms with Crippen LogP contribution in [0.3, 0.4) is 0 Å². The first-order valence-electron chi connectivity index (χ1n) is 6.77. The molecule has 2 N–H and O–H groups in total. The van der Waals surface area contributed by atoms with E-state index in [4.69, 9.17) is 0 Å². The number of carbonyl (C=O) groups is 1. The monoisotopic (exact) mass is 312 g/mol. The van der Waals surface area contributed by atoms with Crippen LogP contribution in [0.15, 0.2) is 29.2 Å². The van der Waals surface area contributed by atoms with Crippen LogP contribution >= 0.6 is 0 Å². The maximum atomic E-state index is 12.4. The smallest absolute Gasteiger partial charge is 0.243 e. The molecule has 2 rings (SSSR count). The van der Waals surface area contributed by atoms with Crippen LogP contribution in [-0.4, -0.2) is 42.4 Å². The van der Waals surface area contributed by atoms with Gasteiger partial charge in [0.2, 0.25) is 15.9 Å². The van der Waals surface area contributed by atoms with Gasteiger partial charge in [0.25, 0.3) is 0 Å². The molecule has 1 saturated heterocycles. The number of amides is 1. The minimum atomic E-state index is -3.57. The summed E-state index contributed by atoms with van der Waals surface area (Å²) in [4.78, 5) is 11.0. The quantitative estimate of drug-likeness (QED) is 0.846. The molecule has 1 heterocycles. The number of rotatable bonds is 4. The summed E-state index contributed by atoms with van der Waals surface area (Å²) in [6, 6.07) is 6.41. The van der Waals surface area contributed by atoms with Gasteiger partial charge in [-0.3, -0.25) is 4.79 Å². The third-order valence-corrected chi connectivity index (χ3v) is 5.38. The van der Waals surface area contributed by atoms with Crippen molar-refractivity contribution in [2.45, 2.75) is 37.3 Å². The number of benzene rings is 1. The first-order valence-corrected chi connectivity index (χ1v) is 8.21. The molecule has 0 radical (unpaired) electrons. The Morgan fingerprint density at radius 3 is 2.48 bits per heavy atom. The van der Waals surface area contributed by atoms with E-state index in [1.807, 2.05) is 0 Å². The Morgan fingerprint density at radius 1 is 1.38 bits per heavy atom. The van der Waals surface area contributed by atoms with Crippen molar-refractivity contribution in [3.05, 3.63) is 29.8 Å². The van der Waals surface area contributed by atoms with Crippen molar-refractivity contribution in [3.8, 4) is 0 Å². The summed E-state index contributed by atoms with van der Waals surface area (Å²) in [5, 5.41) is 12.5. The second kappa shape index (κ2) is 5.75. The third-order valence-electron chi connectivity index (χ3n) is 3.52. The van der Waals surface area contributed by atoms with Crippen molar-refractivity contribution in [2.24, 2.45) is 0 Å². The SMILES string of the molecule is CC(=O)NCc1ccc(S(=O)(=O)N2CCC(C)(O)C2)cc1. The van der Waals surface area contributed by atoms with E-state index >= 15 is 0 Å². The molecule has 0 aliphatic carbocycles. The van der Waals surface area contributed by atoms with Gasteiger partial charge in [-0.15, -0.1) is 0 Å². The molecule has 0 saturated carbocycles. The number of hydrogen-bond donors (Lipinski definition) is 2. The fourth-order valence-electron chi connectivity index (χ4n) is 2.26. The summed E-state index contributed by atoms with van der Waals surface area (Å²) in [7, 11) is -3.57. The Labute approximate surface area is 124 Å². The lowest BCUT2D eigenvalue weighted by molar-refractivity contribution is -0.119. The number of carbonyl (C=O) groups excluding carboxylic acids is 1. The first-order chi connectivity index (χ1) is 9.71. The van der Waals surface area contributed by atoms with E-state index in [0.717, 1.165) is 5.56 Å². The van der Waals surface area contributed by atoms with Crippen LogP contribution in [0.2, 0.25) is 0 Å². The van der Waals surface area contributed by atoms with Crippen LogP contribution in [0.5, 0.6) is 0 Å². The summed E-state index contributed by atoms with van der Waals surface area (Å²) in [5.74, 6) is -0.133. The van der Waals surface area contributed by atoms with Gasteiger partial charge in [-0.2, -0.15) is 4.31 Å².